The van der Waals surface area contributed by atoms with Gasteiger partial charge in [-0.3, -0.25) is 4.99 Å². The third-order valence-electron chi connectivity index (χ3n) is 2.94. The molecule has 5 heteroatoms. The minimum absolute atomic E-state index is 0.196. The van der Waals surface area contributed by atoms with Crippen LogP contribution in [0.25, 0.3) is 0 Å². The fraction of sp³-hybridized carbons (Fsp3) is 0.176. The number of benzene rings is 2. The number of aromatic hydroxyl groups is 2. The van der Waals surface area contributed by atoms with Gasteiger partial charge in [0, 0.05) is 11.8 Å². The summed E-state index contributed by atoms with van der Waals surface area (Å²) in [5.74, 6) is -0.771. The number of phenolic OH excluding ortho intramolecular Hbond substituents is 2. The van der Waals surface area contributed by atoms with E-state index in [4.69, 9.17) is 4.74 Å². The van der Waals surface area contributed by atoms with Crippen molar-refractivity contribution in [2.75, 3.05) is 6.61 Å². The number of hydrogen-bond donors (Lipinski definition) is 2. The number of esters is 1. The van der Waals surface area contributed by atoms with Crippen molar-refractivity contribution in [3.63, 3.8) is 0 Å². The first-order chi connectivity index (χ1) is 10.6. The van der Waals surface area contributed by atoms with E-state index in [0.717, 1.165) is 6.42 Å². The van der Waals surface area contributed by atoms with Crippen molar-refractivity contribution in [3.8, 4) is 11.5 Å². The molecule has 0 saturated heterocycles. The first-order valence-corrected chi connectivity index (χ1v) is 6.94. The lowest BCUT2D eigenvalue weighted by Crippen LogP contribution is -2.05. The summed E-state index contributed by atoms with van der Waals surface area (Å²) in [6.07, 6.45) is 2.22. The van der Waals surface area contributed by atoms with Crippen molar-refractivity contribution in [3.05, 3.63) is 53.6 Å². The van der Waals surface area contributed by atoms with Crippen molar-refractivity contribution >= 4 is 17.9 Å². The molecule has 0 aromatic heterocycles. The van der Waals surface area contributed by atoms with Crippen molar-refractivity contribution in [1.29, 1.82) is 0 Å². The summed E-state index contributed by atoms with van der Waals surface area (Å²) in [6.45, 7) is 2.33. The molecule has 2 N–H and O–H groups in total. The van der Waals surface area contributed by atoms with E-state index in [9.17, 15) is 15.0 Å². The molecule has 0 saturated carbocycles. The van der Waals surface area contributed by atoms with Gasteiger partial charge in [0.15, 0.2) is 11.5 Å². The molecule has 0 spiro atoms. The van der Waals surface area contributed by atoms with Crippen molar-refractivity contribution in [2.45, 2.75) is 13.3 Å². The molecule has 5 nitrogen and oxygen atoms in total. The molecule has 0 unspecified atom stereocenters. The zero-order valence-electron chi connectivity index (χ0n) is 12.2. The fourth-order valence-electron chi connectivity index (χ4n) is 1.76. The van der Waals surface area contributed by atoms with Crippen LogP contribution in [0.15, 0.2) is 47.5 Å². The van der Waals surface area contributed by atoms with Gasteiger partial charge in [0.1, 0.15) is 0 Å². The number of ether oxygens (including phenoxy) is 1. The highest BCUT2D eigenvalue weighted by Crippen LogP contribution is 2.27. The largest absolute Gasteiger partial charge is 0.504 e. The Morgan fingerprint density at radius 1 is 1.18 bits per heavy atom. The van der Waals surface area contributed by atoms with E-state index in [0.29, 0.717) is 23.4 Å². The zero-order chi connectivity index (χ0) is 15.9. The monoisotopic (exact) mass is 299 g/mol. The van der Waals surface area contributed by atoms with E-state index in [-0.39, 0.29) is 17.5 Å². The first-order valence-electron chi connectivity index (χ1n) is 6.94. The molecular weight excluding hydrogens is 282 g/mol. The van der Waals surface area contributed by atoms with E-state index >= 15 is 0 Å². The Morgan fingerprint density at radius 2 is 1.91 bits per heavy atom. The fourth-order valence-corrected chi connectivity index (χ4v) is 1.76. The molecule has 0 aliphatic rings. The summed E-state index contributed by atoms with van der Waals surface area (Å²) in [4.78, 5) is 15.8. The Labute approximate surface area is 128 Å². The van der Waals surface area contributed by atoms with Crippen LogP contribution in [0.5, 0.6) is 11.5 Å². The molecule has 0 amide bonds. The highest BCUT2D eigenvalue weighted by molar-refractivity contribution is 5.90. The predicted octanol–water partition coefficient (Wildman–Crippen LogP) is 3.42. The molecule has 2 rings (SSSR count). The minimum Gasteiger partial charge on any atom is -0.504 e. The molecule has 0 radical (unpaired) electrons. The van der Waals surface area contributed by atoms with Crippen LogP contribution >= 0.6 is 0 Å². The van der Waals surface area contributed by atoms with Crippen LogP contribution in [0.2, 0.25) is 0 Å². The number of para-hydroxylation sites is 1. The van der Waals surface area contributed by atoms with Gasteiger partial charge >= 0.3 is 5.97 Å². The van der Waals surface area contributed by atoms with Gasteiger partial charge in [-0.2, -0.15) is 0 Å². The quantitative estimate of drug-likeness (QED) is 0.504. The average Bonchev–Trinajstić information content (AvgIpc) is 2.54. The van der Waals surface area contributed by atoms with Crippen LogP contribution in [0.4, 0.5) is 5.69 Å². The Hall–Kier alpha value is -2.82. The number of nitrogens with zero attached hydrogens (tertiary/aromatic N) is 1. The number of hydrogen-bond acceptors (Lipinski definition) is 5. The minimum atomic E-state index is -0.358. The van der Waals surface area contributed by atoms with E-state index < -0.39 is 0 Å². The molecule has 2 aromatic rings. The SMILES string of the molecule is CCCOC(=O)c1ccc(N=Cc2cccc(O)c2O)cc1. The summed E-state index contributed by atoms with van der Waals surface area (Å²) in [7, 11) is 0. The van der Waals surface area contributed by atoms with Crippen molar-refractivity contribution in [2.24, 2.45) is 4.99 Å². The van der Waals surface area contributed by atoms with Crippen molar-refractivity contribution < 1.29 is 19.7 Å². The molecule has 0 heterocycles. The van der Waals surface area contributed by atoms with Crippen LogP contribution in [0, 0.1) is 0 Å². The van der Waals surface area contributed by atoms with E-state index in [2.05, 4.69) is 4.99 Å². The predicted molar refractivity (Wildman–Crippen MR) is 84.0 cm³/mol. The van der Waals surface area contributed by atoms with E-state index in [1.54, 1.807) is 36.4 Å². The first kappa shape index (κ1) is 15.6. The van der Waals surface area contributed by atoms with Gasteiger partial charge in [-0.1, -0.05) is 13.0 Å². The molecule has 0 aliphatic carbocycles. The highest BCUT2D eigenvalue weighted by atomic mass is 16.5. The molecule has 22 heavy (non-hydrogen) atoms. The molecular formula is C17H17NO4. The van der Waals surface area contributed by atoms with Crippen LogP contribution in [-0.4, -0.2) is 29.0 Å². The lowest BCUT2D eigenvalue weighted by atomic mass is 10.2. The standard InChI is InChI=1S/C17H17NO4/c1-2-10-22-17(21)12-6-8-14(9-7-12)18-11-13-4-3-5-15(19)16(13)20/h3-9,11,19-20H,2,10H2,1H3. The number of rotatable bonds is 5. The molecule has 2 aromatic carbocycles. The summed E-state index contributed by atoms with van der Waals surface area (Å²) in [5, 5.41) is 19.1. The highest BCUT2D eigenvalue weighted by Gasteiger charge is 2.06. The Balaban J connectivity index is 2.09. The van der Waals surface area contributed by atoms with Crippen LogP contribution in [-0.2, 0) is 4.74 Å². The topological polar surface area (TPSA) is 79.1 Å². The summed E-state index contributed by atoms with van der Waals surface area (Å²) >= 11 is 0. The van der Waals surface area contributed by atoms with Gasteiger partial charge in [-0.15, -0.1) is 0 Å². The van der Waals surface area contributed by atoms with Gasteiger partial charge in [0.25, 0.3) is 0 Å². The Bertz CT molecular complexity index is 678. The maximum Gasteiger partial charge on any atom is 0.338 e. The zero-order valence-corrected chi connectivity index (χ0v) is 12.2. The number of carbonyl (C=O) groups excluding carboxylic acids is 1. The lowest BCUT2D eigenvalue weighted by molar-refractivity contribution is 0.0505. The summed E-state index contributed by atoms with van der Waals surface area (Å²) < 4.78 is 5.04. The summed E-state index contributed by atoms with van der Waals surface area (Å²) in [5.41, 5.74) is 1.49. The van der Waals surface area contributed by atoms with Gasteiger partial charge in [0.2, 0.25) is 0 Å². The molecule has 0 atom stereocenters. The van der Waals surface area contributed by atoms with Gasteiger partial charge in [-0.25, -0.2) is 4.79 Å². The smallest absolute Gasteiger partial charge is 0.338 e. The molecule has 0 bridgehead atoms. The molecule has 114 valence electrons. The number of phenols is 2. The third kappa shape index (κ3) is 3.85. The van der Waals surface area contributed by atoms with E-state index in [1.807, 2.05) is 6.92 Å². The molecule has 0 aliphatic heterocycles. The number of carbonyl (C=O) groups is 1. The summed E-state index contributed by atoms with van der Waals surface area (Å²) in [6, 6.07) is 11.3. The molecule has 0 fully saturated rings. The van der Waals surface area contributed by atoms with Gasteiger partial charge in [0.05, 0.1) is 17.9 Å². The Morgan fingerprint density at radius 3 is 2.59 bits per heavy atom. The van der Waals surface area contributed by atoms with Crippen LogP contribution in [0.1, 0.15) is 29.3 Å². The second-order valence-corrected chi connectivity index (χ2v) is 4.66. The van der Waals surface area contributed by atoms with E-state index in [1.165, 1.54) is 12.3 Å². The maximum absolute atomic E-state index is 11.7. The third-order valence-corrected chi connectivity index (χ3v) is 2.94. The maximum atomic E-state index is 11.7. The number of aliphatic imine (C=N–C) groups is 1. The van der Waals surface area contributed by atoms with Gasteiger partial charge in [-0.05, 0) is 42.8 Å². The Kier molecular flexibility index (Phi) is 5.14. The van der Waals surface area contributed by atoms with Crippen molar-refractivity contribution in [1.82, 2.24) is 0 Å². The van der Waals surface area contributed by atoms with Crippen LogP contribution in [0.3, 0.4) is 0 Å². The normalized spacial score (nSPS) is 10.8. The second-order valence-electron chi connectivity index (χ2n) is 4.66. The second kappa shape index (κ2) is 7.26. The lowest BCUT2D eigenvalue weighted by Gasteiger charge is -2.03. The van der Waals surface area contributed by atoms with Crippen LogP contribution < -0.4 is 0 Å². The van der Waals surface area contributed by atoms with Gasteiger partial charge < -0.3 is 14.9 Å². The average molecular weight is 299 g/mol.